The molecule has 4 fully saturated rings. The average Bonchev–Trinajstić information content (AvgIpc) is 3.23. The third kappa shape index (κ3) is 2.67. The van der Waals surface area contributed by atoms with Gasteiger partial charge in [-0.05, 0) is 31.6 Å². The highest BCUT2D eigenvalue weighted by atomic mass is 35.5. The van der Waals surface area contributed by atoms with Crippen molar-refractivity contribution in [3.05, 3.63) is 0 Å². The molecule has 26 heavy (non-hydrogen) atoms. The molecule has 6 unspecified atom stereocenters. The van der Waals surface area contributed by atoms with E-state index in [4.69, 9.17) is 10.5 Å². The van der Waals surface area contributed by atoms with Gasteiger partial charge in [-0.1, -0.05) is 13.8 Å². The molecule has 0 aliphatic carbocycles. The Bertz CT molecular complexity index is 612. The number of nitrogens with zero attached hydrogens (tertiary/aromatic N) is 2. The molecule has 8 heteroatoms. The molecule has 0 radical (unpaired) electrons. The van der Waals surface area contributed by atoms with E-state index in [0.717, 1.165) is 19.3 Å². The van der Waals surface area contributed by atoms with Gasteiger partial charge in [0.15, 0.2) is 0 Å². The number of rotatable bonds is 2. The second-order valence-corrected chi connectivity index (χ2v) is 8.71. The predicted molar refractivity (Wildman–Crippen MR) is 96.4 cm³/mol. The number of ether oxygens (including phenoxy) is 1. The Morgan fingerprint density at radius 2 is 1.69 bits per heavy atom. The van der Waals surface area contributed by atoms with Gasteiger partial charge in [-0.25, -0.2) is 0 Å². The van der Waals surface area contributed by atoms with E-state index in [9.17, 15) is 14.4 Å². The van der Waals surface area contributed by atoms with E-state index in [1.165, 1.54) is 4.90 Å². The first kappa shape index (κ1) is 19.6. The number of amides is 3. The highest BCUT2D eigenvalue weighted by Gasteiger charge is 2.63. The Morgan fingerprint density at radius 3 is 2.19 bits per heavy atom. The SMILES string of the molecule is CC(C(=O)N1CCC(N)C(C)(C)C1)N1C(=O)C2C3CCC(O3)C2C1=O.Cl. The highest BCUT2D eigenvalue weighted by Crippen LogP contribution is 2.49. The van der Waals surface area contributed by atoms with Gasteiger partial charge in [-0.15, -0.1) is 12.4 Å². The van der Waals surface area contributed by atoms with E-state index in [-0.39, 0.29) is 65.6 Å². The Morgan fingerprint density at radius 1 is 1.15 bits per heavy atom. The third-order valence-electron chi connectivity index (χ3n) is 6.69. The Kier molecular flexibility index (Phi) is 4.86. The van der Waals surface area contributed by atoms with Gasteiger partial charge in [-0.2, -0.15) is 0 Å². The molecule has 6 atom stereocenters. The molecule has 4 heterocycles. The molecule has 4 saturated heterocycles. The molecule has 0 aromatic carbocycles. The van der Waals surface area contributed by atoms with Crippen LogP contribution in [0.15, 0.2) is 0 Å². The van der Waals surface area contributed by atoms with Crippen molar-refractivity contribution in [3.63, 3.8) is 0 Å². The topological polar surface area (TPSA) is 92.9 Å². The quantitative estimate of drug-likeness (QED) is 0.700. The minimum atomic E-state index is -0.755. The molecule has 7 nitrogen and oxygen atoms in total. The van der Waals surface area contributed by atoms with Crippen LogP contribution < -0.4 is 5.73 Å². The minimum absolute atomic E-state index is 0. The summed E-state index contributed by atoms with van der Waals surface area (Å²) in [5.74, 6) is -1.37. The second kappa shape index (κ2) is 6.46. The second-order valence-electron chi connectivity index (χ2n) is 8.71. The number of halogens is 1. The summed E-state index contributed by atoms with van der Waals surface area (Å²) >= 11 is 0. The van der Waals surface area contributed by atoms with Crippen molar-refractivity contribution in [2.24, 2.45) is 23.0 Å². The number of fused-ring (bicyclic) bond motifs is 5. The van der Waals surface area contributed by atoms with Crippen molar-refractivity contribution in [2.45, 2.75) is 64.3 Å². The van der Waals surface area contributed by atoms with Crippen LogP contribution in [0.5, 0.6) is 0 Å². The first-order chi connectivity index (χ1) is 11.7. The van der Waals surface area contributed by atoms with Crippen molar-refractivity contribution >= 4 is 30.1 Å². The summed E-state index contributed by atoms with van der Waals surface area (Å²) in [4.78, 5) is 41.6. The molecule has 2 bridgehead atoms. The van der Waals surface area contributed by atoms with Gasteiger partial charge in [0.05, 0.1) is 24.0 Å². The minimum Gasteiger partial charge on any atom is -0.373 e. The van der Waals surface area contributed by atoms with Crippen LogP contribution in [0.25, 0.3) is 0 Å². The lowest BCUT2D eigenvalue weighted by atomic mass is 9.79. The van der Waals surface area contributed by atoms with Crippen LogP contribution >= 0.6 is 12.4 Å². The molecule has 4 rings (SSSR count). The van der Waals surface area contributed by atoms with Gasteiger partial charge in [0.25, 0.3) is 0 Å². The first-order valence-corrected chi connectivity index (χ1v) is 9.29. The fraction of sp³-hybridized carbons (Fsp3) is 0.833. The lowest BCUT2D eigenvalue weighted by Crippen LogP contribution is -2.58. The summed E-state index contributed by atoms with van der Waals surface area (Å²) in [5, 5.41) is 0. The largest absolute Gasteiger partial charge is 0.373 e. The number of hydrogen-bond acceptors (Lipinski definition) is 5. The zero-order valence-electron chi connectivity index (χ0n) is 15.5. The summed E-state index contributed by atoms with van der Waals surface area (Å²) in [5.41, 5.74) is 5.98. The number of piperidine rings is 1. The van der Waals surface area contributed by atoms with Crippen LogP contribution in [0, 0.1) is 17.3 Å². The molecule has 3 amide bonds. The smallest absolute Gasteiger partial charge is 0.245 e. The van der Waals surface area contributed by atoms with E-state index in [0.29, 0.717) is 13.1 Å². The predicted octanol–water partition coefficient (Wildman–Crippen LogP) is 0.545. The lowest BCUT2D eigenvalue weighted by Gasteiger charge is -2.43. The lowest BCUT2D eigenvalue weighted by molar-refractivity contribution is -0.154. The van der Waals surface area contributed by atoms with Crippen molar-refractivity contribution in [2.75, 3.05) is 13.1 Å². The Balaban J connectivity index is 0.00000196. The maximum Gasteiger partial charge on any atom is 0.245 e. The summed E-state index contributed by atoms with van der Waals surface area (Å²) < 4.78 is 5.75. The van der Waals surface area contributed by atoms with Gasteiger partial charge in [0.2, 0.25) is 17.7 Å². The van der Waals surface area contributed by atoms with Crippen LogP contribution in [0.2, 0.25) is 0 Å². The third-order valence-corrected chi connectivity index (χ3v) is 6.69. The number of carbonyl (C=O) groups is 3. The fourth-order valence-corrected chi connectivity index (χ4v) is 5.05. The molecule has 4 aliphatic rings. The number of nitrogens with two attached hydrogens (primary N) is 1. The molecule has 2 N–H and O–H groups in total. The summed E-state index contributed by atoms with van der Waals surface area (Å²) in [6.45, 7) is 6.89. The van der Waals surface area contributed by atoms with Crippen LogP contribution in [0.1, 0.15) is 40.0 Å². The normalized spacial score (nSPS) is 39.0. The summed E-state index contributed by atoms with van der Waals surface area (Å²) in [6.07, 6.45) is 2.10. The number of likely N-dealkylation sites (tertiary alicyclic amines) is 2. The van der Waals surface area contributed by atoms with Crippen LogP contribution in [-0.4, -0.2) is 64.9 Å². The molecule has 4 aliphatic heterocycles. The van der Waals surface area contributed by atoms with Gasteiger partial charge < -0.3 is 15.4 Å². The Hall–Kier alpha value is -1.18. The van der Waals surface area contributed by atoms with Crippen molar-refractivity contribution < 1.29 is 19.1 Å². The zero-order valence-corrected chi connectivity index (χ0v) is 16.3. The molecule has 0 aromatic heterocycles. The van der Waals surface area contributed by atoms with Gasteiger partial charge in [0.1, 0.15) is 6.04 Å². The number of hydrogen-bond donors (Lipinski definition) is 1. The van der Waals surface area contributed by atoms with Crippen LogP contribution in [-0.2, 0) is 19.1 Å². The maximum atomic E-state index is 13.0. The molecule has 0 aromatic rings. The van der Waals surface area contributed by atoms with Gasteiger partial charge >= 0.3 is 0 Å². The molecule has 146 valence electrons. The van der Waals surface area contributed by atoms with Crippen LogP contribution in [0.4, 0.5) is 0 Å². The number of imide groups is 1. The van der Waals surface area contributed by atoms with Crippen LogP contribution in [0.3, 0.4) is 0 Å². The number of carbonyl (C=O) groups excluding carboxylic acids is 3. The summed E-state index contributed by atoms with van der Waals surface area (Å²) in [7, 11) is 0. The molecule has 0 spiro atoms. The standard InChI is InChI=1S/C18H27N3O4.ClH/c1-9(15(22)20-7-6-12(19)18(2,3)8-20)21-16(23)13-10-4-5-11(25-10)14(13)17(21)24;/h9-14H,4-8,19H2,1-3H3;1H. The molecule has 0 saturated carbocycles. The fourth-order valence-electron chi connectivity index (χ4n) is 5.05. The highest BCUT2D eigenvalue weighted by molar-refractivity contribution is 6.09. The monoisotopic (exact) mass is 385 g/mol. The van der Waals surface area contributed by atoms with Crippen molar-refractivity contribution in [1.82, 2.24) is 9.80 Å². The van der Waals surface area contributed by atoms with E-state index < -0.39 is 6.04 Å². The van der Waals surface area contributed by atoms with E-state index >= 15 is 0 Å². The summed E-state index contributed by atoms with van der Waals surface area (Å²) in [6, 6.07) is -0.704. The van der Waals surface area contributed by atoms with E-state index in [1.807, 2.05) is 13.8 Å². The average molecular weight is 386 g/mol. The zero-order chi connectivity index (χ0) is 18.1. The molecular weight excluding hydrogens is 358 g/mol. The van der Waals surface area contributed by atoms with Gasteiger partial charge in [0, 0.05) is 19.1 Å². The first-order valence-electron chi connectivity index (χ1n) is 9.29. The van der Waals surface area contributed by atoms with E-state index in [1.54, 1.807) is 11.8 Å². The van der Waals surface area contributed by atoms with Gasteiger partial charge in [-0.3, -0.25) is 19.3 Å². The Labute approximate surface area is 160 Å². The van der Waals surface area contributed by atoms with Crippen molar-refractivity contribution in [3.8, 4) is 0 Å². The van der Waals surface area contributed by atoms with E-state index in [2.05, 4.69) is 0 Å². The maximum absolute atomic E-state index is 13.0. The molecular formula is C18H28ClN3O4. The van der Waals surface area contributed by atoms with Crippen molar-refractivity contribution in [1.29, 1.82) is 0 Å².